The van der Waals surface area contributed by atoms with Gasteiger partial charge in [-0.05, 0) is 53.2 Å². The van der Waals surface area contributed by atoms with Crippen molar-refractivity contribution in [2.75, 3.05) is 12.0 Å². The molecule has 10 heteroatoms. The molecule has 0 aliphatic carbocycles. The number of alkyl halides is 3. The Morgan fingerprint density at radius 1 is 1.09 bits per heavy atom. The highest BCUT2D eigenvalue weighted by molar-refractivity contribution is 9.10. The van der Waals surface area contributed by atoms with Crippen molar-refractivity contribution in [3.63, 3.8) is 0 Å². The first kappa shape index (κ1) is 23.5. The molecule has 0 unspecified atom stereocenters. The van der Waals surface area contributed by atoms with Gasteiger partial charge >= 0.3 is 6.18 Å². The topological polar surface area (TPSA) is 55.7 Å². The molecule has 5 nitrogen and oxygen atoms in total. The second kappa shape index (κ2) is 10.4. The fourth-order valence-corrected chi connectivity index (χ4v) is 3.02. The average Bonchev–Trinajstić information content (AvgIpc) is 2.75. The van der Waals surface area contributed by atoms with Gasteiger partial charge in [-0.3, -0.25) is 5.43 Å². The van der Waals surface area contributed by atoms with Crippen LogP contribution in [0.15, 0.2) is 64.3 Å². The molecule has 0 aliphatic heterocycles. The highest BCUT2D eigenvalue weighted by Gasteiger charge is 2.30. The summed E-state index contributed by atoms with van der Waals surface area (Å²) >= 11 is 3.42. The quantitative estimate of drug-likeness (QED) is 0.215. The second-order valence-corrected chi connectivity index (χ2v) is 7.29. The van der Waals surface area contributed by atoms with Crippen molar-refractivity contribution < 1.29 is 27.0 Å². The molecule has 0 saturated carbocycles. The third-order valence-corrected chi connectivity index (χ3v) is 4.86. The summed E-state index contributed by atoms with van der Waals surface area (Å²) in [5, 5.41) is 4.01. The van der Waals surface area contributed by atoms with Gasteiger partial charge < -0.3 is 9.47 Å². The first-order valence-corrected chi connectivity index (χ1v) is 10.2. The van der Waals surface area contributed by atoms with Gasteiger partial charge in [0.05, 0.1) is 18.4 Å². The lowest BCUT2D eigenvalue weighted by Gasteiger charge is -2.14. The molecular formula is C22H18BrF4N3O2. The van der Waals surface area contributed by atoms with Crippen molar-refractivity contribution >= 4 is 28.0 Å². The van der Waals surface area contributed by atoms with Gasteiger partial charge in [0.1, 0.15) is 18.2 Å². The number of halogens is 5. The summed E-state index contributed by atoms with van der Waals surface area (Å²) in [6.45, 7) is 2.21. The van der Waals surface area contributed by atoms with Gasteiger partial charge in [-0.1, -0.05) is 18.2 Å². The summed E-state index contributed by atoms with van der Waals surface area (Å²) in [5.41, 5.74) is 2.75. The van der Waals surface area contributed by atoms with E-state index >= 15 is 0 Å². The van der Waals surface area contributed by atoms with Crippen LogP contribution in [0.5, 0.6) is 11.5 Å². The zero-order valence-corrected chi connectivity index (χ0v) is 18.4. The maximum Gasteiger partial charge on any atom is 0.417 e. The van der Waals surface area contributed by atoms with Crippen LogP contribution in [0.2, 0.25) is 0 Å². The van der Waals surface area contributed by atoms with E-state index in [1.165, 1.54) is 18.3 Å². The van der Waals surface area contributed by atoms with E-state index in [0.29, 0.717) is 33.7 Å². The van der Waals surface area contributed by atoms with Crippen LogP contribution in [0.4, 0.5) is 23.4 Å². The standard InChI is InChI=1S/C22H18BrF4N3O2/c1-2-31-19-9-15(11-29-30-21-8-7-16(12-28-21)22(25,26)27)17(23)10-20(19)32-13-14-5-3-4-6-18(14)24/h3-12H,2,13H2,1H3,(H,28,30)/b29-11-. The molecule has 0 saturated heterocycles. The first-order chi connectivity index (χ1) is 15.3. The van der Waals surface area contributed by atoms with E-state index in [1.807, 2.05) is 6.92 Å². The average molecular weight is 512 g/mol. The van der Waals surface area contributed by atoms with Gasteiger partial charge in [-0.15, -0.1) is 0 Å². The lowest BCUT2D eigenvalue weighted by Crippen LogP contribution is -2.05. The van der Waals surface area contributed by atoms with Crippen LogP contribution < -0.4 is 14.9 Å². The lowest BCUT2D eigenvalue weighted by molar-refractivity contribution is -0.137. The predicted octanol–water partition coefficient (Wildman–Crippen LogP) is 6.43. The third-order valence-electron chi connectivity index (χ3n) is 4.18. The SMILES string of the molecule is CCOc1cc(/C=N\Nc2ccc(C(F)(F)F)cn2)c(Br)cc1OCc1ccccc1F. The van der Waals surface area contributed by atoms with Crippen molar-refractivity contribution in [3.8, 4) is 11.5 Å². The number of benzene rings is 2. The molecule has 0 aliphatic rings. The largest absolute Gasteiger partial charge is 0.490 e. The summed E-state index contributed by atoms with van der Waals surface area (Å²) in [4.78, 5) is 3.69. The molecule has 168 valence electrons. The zero-order chi connectivity index (χ0) is 23.1. The Morgan fingerprint density at radius 3 is 2.50 bits per heavy atom. The smallest absolute Gasteiger partial charge is 0.417 e. The molecule has 3 aromatic rings. The predicted molar refractivity (Wildman–Crippen MR) is 116 cm³/mol. The summed E-state index contributed by atoms with van der Waals surface area (Å²) in [6.07, 6.45) is -2.28. The molecule has 1 heterocycles. The van der Waals surface area contributed by atoms with E-state index in [-0.39, 0.29) is 18.2 Å². The Hall–Kier alpha value is -3.14. The van der Waals surface area contributed by atoms with Gasteiger partial charge in [-0.2, -0.15) is 18.3 Å². The maximum atomic E-state index is 13.8. The van der Waals surface area contributed by atoms with Gasteiger partial charge in [-0.25, -0.2) is 9.37 Å². The van der Waals surface area contributed by atoms with E-state index in [2.05, 4.69) is 31.4 Å². The Labute approximate surface area is 190 Å². The number of pyridine rings is 1. The molecule has 2 aromatic carbocycles. The second-order valence-electron chi connectivity index (χ2n) is 6.43. The minimum Gasteiger partial charge on any atom is -0.490 e. The molecule has 0 bridgehead atoms. The van der Waals surface area contributed by atoms with Crippen LogP contribution in [-0.4, -0.2) is 17.8 Å². The van der Waals surface area contributed by atoms with Crippen molar-refractivity contribution in [3.05, 3.63) is 81.7 Å². The summed E-state index contributed by atoms with van der Waals surface area (Å²) < 4.78 is 63.6. The molecular weight excluding hydrogens is 494 g/mol. The number of rotatable bonds is 8. The summed E-state index contributed by atoms with van der Waals surface area (Å²) in [6, 6.07) is 11.8. The van der Waals surface area contributed by atoms with Crippen LogP contribution in [0.1, 0.15) is 23.6 Å². The van der Waals surface area contributed by atoms with Crippen molar-refractivity contribution in [1.29, 1.82) is 0 Å². The van der Waals surface area contributed by atoms with Crippen LogP contribution in [0.3, 0.4) is 0 Å². The fraction of sp³-hybridized carbons (Fsp3) is 0.182. The number of nitrogens with one attached hydrogen (secondary N) is 1. The number of nitrogens with zero attached hydrogens (tertiary/aromatic N) is 2. The Morgan fingerprint density at radius 2 is 1.84 bits per heavy atom. The van der Waals surface area contributed by atoms with E-state index in [9.17, 15) is 17.6 Å². The molecule has 0 spiro atoms. The number of hydrogen-bond donors (Lipinski definition) is 1. The number of ether oxygens (including phenoxy) is 2. The van der Waals surface area contributed by atoms with Crippen molar-refractivity contribution in [2.45, 2.75) is 19.7 Å². The van der Waals surface area contributed by atoms with Crippen LogP contribution in [-0.2, 0) is 12.8 Å². The lowest BCUT2D eigenvalue weighted by atomic mass is 10.2. The maximum absolute atomic E-state index is 13.8. The fourth-order valence-electron chi connectivity index (χ4n) is 2.60. The van der Waals surface area contributed by atoms with Crippen LogP contribution >= 0.6 is 15.9 Å². The van der Waals surface area contributed by atoms with Crippen molar-refractivity contribution in [2.24, 2.45) is 5.10 Å². The monoisotopic (exact) mass is 511 g/mol. The molecule has 0 fully saturated rings. The Balaban J connectivity index is 1.72. The first-order valence-electron chi connectivity index (χ1n) is 9.42. The highest BCUT2D eigenvalue weighted by Crippen LogP contribution is 2.34. The number of aromatic nitrogens is 1. The third kappa shape index (κ3) is 6.19. The number of hydrazone groups is 1. The van der Waals surface area contributed by atoms with Gasteiger partial charge in [0.25, 0.3) is 0 Å². The summed E-state index contributed by atoms with van der Waals surface area (Å²) in [7, 11) is 0. The minimum atomic E-state index is -4.45. The molecule has 0 atom stereocenters. The Kier molecular flexibility index (Phi) is 7.68. The van der Waals surface area contributed by atoms with E-state index in [0.717, 1.165) is 12.3 Å². The number of anilines is 1. The normalized spacial score (nSPS) is 11.6. The van der Waals surface area contributed by atoms with Gasteiger partial charge in [0.2, 0.25) is 0 Å². The van der Waals surface area contributed by atoms with E-state index in [4.69, 9.17) is 9.47 Å². The molecule has 3 rings (SSSR count). The Bertz CT molecular complexity index is 1090. The summed E-state index contributed by atoms with van der Waals surface area (Å²) in [5.74, 6) is 0.633. The molecule has 0 amide bonds. The minimum absolute atomic E-state index is 0.0216. The molecule has 1 aromatic heterocycles. The van der Waals surface area contributed by atoms with Crippen LogP contribution in [0, 0.1) is 5.82 Å². The van der Waals surface area contributed by atoms with E-state index in [1.54, 1.807) is 30.3 Å². The van der Waals surface area contributed by atoms with Gasteiger partial charge in [0.15, 0.2) is 11.5 Å². The zero-order valence-electron chi connectivity index (χ0n) is 16.8. The van der Waals surface area contributed by atoms with Crippen molar-refractivity contribution in [1.82, 2.24) is 4.98 Å². The van der Waals surface area contributed by atoms with Crippen LogP contribution in [0.25, 0.3) is 0 Å². The number of hydrogen-bond acceptors (Lipinski definition) is 5. The molecule has 1 N–H and O–H groups in total. The van der Waals surface area contributed by atoms with E-state index < -0.39 is 11.7 Å². The van der Waals surface area contributed by atoms with Gasteiger partial charge in [0, 0.05) is 21.8 Å². The molecule has 0 radical (unpaired) electrons. The molecule has 32 heavy (non-hydrogen) atoms. The highest BCUT2D eigenvalue weighted by atomic mass is 79.9.